The Balaban J connectivity index is 1.50. The van der Waals surface area contributed by atoms with Crippen LogP contribution in [0.1, 0.15) is 30.7 Å². The molecule has 4 aromatic rings. The van der Waals surface area contributed by atoms with Crippen LogP contribution in [0.5, 0.6) is 6.01 Å². The van der Waals surface area contributed by atoms with Crippen LogP contribution < -0.4 is 15.2 Å². The zero-order valence-electron chi connectivity index (χ0n) is 25.4. The Bertz CT molecular complexity index is 1860. The summed E-state index contributed by atoms with van der Waals surface area (Å²) in [6.45, 7) is 10.0. The molecule has 2 aliphatic rings. The predicted molar refractivity (Wildman–Crippen MR) is 169 cm³/mol. The van der Waals surface area contributed by atoms with E-state index in [-0.39, 0.29) is 41.5 Å². The van der Waals surface area contributed by atoms with Gasteiger partial charge in [-0.1, -0.05) is 36.9 Å². The summed E-state index contributed by atoms with van der Waals surface area (Å²) >= 11 is 0. The molecule has 0 spiro atoms. The highest BCUT2D eigenvalue weighted by Crippen LogP contribution is 2.30. The highest BCUT2D eigenvalue weighted by atomic mass is 16.5. The Kier molecular flexibility index (Phi) is 8.01. The van der Waals surface area contributed by atoms with Crippen molar-refractivity contribution in [1.82, 2.24) is 29.3 Å². The van der Waals surface area contributed by atoms with Crippen LogP contribution in [0.3, 0.4) is 0 Å². The Morgan fingerprint density at radius 3 is 2.61 bits per heavy atom. The van der Waals surface area contributed by atoms with E-state index < -0.39 is 0 Å². The third-order valence-electron chi connectivity index (χ3n) is 8.82. The van der Waals surface area contributed by atoms with Crippen LogP contribution >= 0.6 is 0 Å². The quantitative estimate of drug-likeness (QED) is 0.297. The average Bonchev–Trinajstić information content (AvgIpc) is 3.44. The normalized spacial score (nSPS) is 19.0. The molecule has 11 nitrogen and oxygen atoms in total. The molecule has 1 amide bonds. The van der Waals surface area contributed by atoms with Crippen LogP contribution in [-0.4, -0.2) is 87.1 Å². The van der Waals surface area contributed by atoms with Crippen LogP contribution in [0.4, 0.5) is 5.82 Å². The zero-order valence-corrected chi connectivity index (χ0v) is 25.4. The number of nitrogens with zero attached hydrogens (tertiary/aromatic N) is 8. The highest BCUT2D eigenvalue weighted by molar-refractivity contribution is 5.94. The van der Waals surface area contributed by atoms with E-state index in [1.165, 1.54) is 6.08 Å². The molecule has 2 saturated heterocycles. The molecule has 11 heteroatoms. The molecular weight excluding hydrogens is 556 g/mol. The molecule has 2 aromatic heterocycles. The molecule has 2 aromatic carbocycles. The third-order valence-corrected chi connectivity index (χ3v) is 8.82. The summed E-state index contributed by atoms with van der Waals surface area (Å²) in [5, 5.41) is 11.5. The van der Waals surface area contributed by atoms with Gasteiger partial charge in [0.2, 0.25) is 5.91 Å². The van der Waals surface area contributed by atoms with Gasteiger partial charge in [0.15, 0.2) is 11.3 Å². The van der Waals surface area contributed by atoms with Gasteiger partial charge in [-0.2, -0.15) is 15.2 Å². The first kappa shape index (κ1) is 29.3. The first-order valence-electron chi connectivity index (χ1n) is 15.0. The second-order valence-electron chi connectivity index (χ2n) is 11.6. The van der Waals surface area contributed by atoms with Crippen LogP contribution in [0.15, 0.2) is 53.8 Å². The lowest BCUT2D eigenvalue weighted by atomic mass is 10.0. The number of amides is 1. The molecule has 2 fully saturated rings. The fourth-order valence-corrected chi connectivity index (χ4v) is 6.50. The summed E-state index contributed by atoms with van der Waals surface area (Å²) < 4.78 is 7.79. The number of aromatic nitrogens is 4. The Labute approximate surface area is 256 Å². The van der Waals surface area contributed by atoms with E-state index in [2.05, 4.69) is 29.6 Å². The van der Waals surface area contributed by atoms with Gasteiger partial charge >= 0.3 is 6.01 Å². The van der Waals surface area contributed by atoms with E-state index in [0.29, 0.717) is 43.4 Å². The van der Waals surface area contributed by atoms with Crippen LogP contribution in [0, 0.1) is 25.2 Å². The van der Waals surface area contributed by atoms with Gasteiger partial charge in [-0.3, -0.25) is 14.2 Å². The smallest absolute Gasteiger partial charge is 0.319 e. The number of piperazine rings is 1. The lowest BCUT2D eigenvalue weighted by Gasteiger charge is -2.40. The van der Waals surface area contributed by atoms with Crippen LogP contribution in [0.2, 0.25) is 0 Å². The number of benzene rings is 2. The number of likely N-dealkylation sites (tertiary alicyclic amines) is 1. The molecule has 6 rings (SSSR count). The number of aryl methyl sites for hydroxylation is 2. The number of likely N-dealkylation sites (N-methyl/N-ethyl adjacent to an activating group) is 1. The monoisotopic (exact) mass is 592 g/mol. The largest absolute Gasteiger partial charge is 0.462 e. The van der Waals surface area contributed by atoms with Crippen molar-refractivity contribution in [3.05, 3.63) is 70.8 Å². The molecule has 4 heterocycles. The first-order chi connectivity index (χ1) is 21.3. The van der Waals surface area contributed by atoms with Crippen molar-refractivity contribution in [1.29, 1.82) is 5.26 Å². The topological polar surface area (TPSA) is 120 Å². The fourth-order valence-electron chi connectivity index (χ4n) is 6.50. The Morgan fingerprint density at radius 2 is 1.89 bits per heavy atom. The van der Waals surface area contributed by atoms with Gasteiger partial charge < -0.3 is 19.4 Å². The molecule has 2 atom stereocenters. The van der Waals surface area contributed by atoms with Gasteiger partial charge in [0.25, 0.3) is 5.56 Å². The Morgan fingerprint density at radius 1 is 1.09 bits per heavy atom. The maximum absolute atomic E-state index is 14.4. The second-order valence-corrected chi connectivity index (χ2v) is 11.6. The van der Waals surface area contributed by atoms with E-state index >= 15 is 0 Å². The van der Waals surface area contributed by atoms with Crippen molar-refractivity contribution in [3.8, 4) is 17.8 Å². The summed E-state index contributed by atoms with van der Waals surface area (Å²) in [7, 11) is 2.07. The minimum absolute atomic E-state index is 0.109. The number of ether oxygens (including phenoxy) is 1. The van der Waals surface area contributed by atoms with E-state index in [9.17, 15) is 14.9 Å². The number of carbonyl (C=O) groups excluding carboxylic acids is 1. The standard InChI is InChI=1S/C33H36N8O3/c1-5-27(42)40-18-17-39(19-24(40)14-15-34)31-29-30(36-33(37-31)44-20-25-12-8-16-38(25)4)32(43)41(22(3)35-29)26-13-7-11-23-10-6-9-21(2)28(23)26/h5-7,9-11,13,24-25H,1,8,12,14,16-20H2,2-4H3/t24-,25?/m0/s1. The average molecular weight is 593 g/mol. The minimum Gasteiger partial charge on any atom is -0.462 e. The number of fused-ring (bicyclic) bond motifs is 2. The van der Waals surface area contributed by atoms with Crippen molar-refractivity contribution >= 4 is 33.5 Å². The predicted octanol–water partition coefficient (Wildman–Crippen LogP) is 3.54. The summed E-state index contributed by atoms with van der Waals surface area (Å²) in [6.07, 6.45) is 3.53. The molecule has 226 valence electrons. The van der Waals surface area contributed by atoms with Crippen molar-refractivity contribution in [3.63, 3.8) is 0 Å². The molecule has 0 N–H and O–H groups in total. The highest BCUT2D eigenvalue weighted by Gasteiger charge is 2.32. The van der Waals surface area contributed by atoms with Gasteiger partial charge in [0, 0.05) is 31.1 Å². The van der Waals surface area contributed by atoms with Gasteiger partial charge in [-0.25, -0.2) is 4.98 Å². The van der Waals surface area contributed by atoms with Gasteiger partial charge in [0.1, 0.15) is 17.9 Å². The maximum Gasteiger partial charge on any atom is 0.319 e. The third kappa shape index (κ3) is 5.26. The maximum atomic E-state index is 14.4. The molecule has 0 bridgehead atoms. The Hall–Kier alpha value is -4.82. The fraction of sp³-hybridized carbons (Fsp3) is 0.394. The lowest BCUT2D eigenvalue weighted by molar-refractivity contribution is -0.128. The number of hydrogen-bond donors (Lipinski definition) is 0. The molecule has 0 aliphatic carbocycles. The van der Waals surface area contributed by atoms with Crippen molar-refractivity contribution < 1.29 is 9.53 Å². The van der Waals surface area contributed by atoms with Gasteiger partial charge in [-0.05, 0) is 63.4 Å². The number of anilines is 1. The summed E-state index contributed by atoms with van der Waals surface area (Å²) in [4.78, 5) is 47.2. The van der Waals surface area contributed by atoms with E-state index in [1.807, 2.05) is 48.2 Å². The summed E-state index contributed by atoms with van der Waals surface area (Å²) in [5.41, 5.74) is 1.99. The summed E-state index contributed by atoms with van der Waals surface area (Å²) in [6, 6.07) is 14.1. The number of hydrogen-bond acceptors (Lipinski definition) is 9. The second kappa shape index (κ2) is 12.1. The molecule has 44 heavy (non-hydrogen) atoms. The van der Waals surface area contributed by atoms with Crippen LogP contribution in [0.25, 0.3) is 27.5 Å². The number of rotatable bonds is 7. The minimum atomic E-state index is -0.374. The molecule has 1 unspecified atom stereocenters. The van der Waals surface area contributed by atoms with E-state index in [1.54, 1.807) is 16.4 Å². The van der Waals surface area contributed by atoms with Gasteiger partial charge in [-0.15, -0.1) is 0 Å². The molecule has 2 aliphatic heterocycles. The van der Waals surface area contributed by atoms with E-state index in [0.717, 1.165) is 41.4 Å². The van der Waals surface area contributed by atoms with Gasteiger partial charge in [0.05, 0.1) is 24.2 Å². The molecule has 0 saturated carbocycles. The molecule has 0 radical (unpaired) electrons. The van der Waals surface area contributed by atoms with Crippen molar-refractivity contribution in [2.24, 2.45) is 0 Å². The lowest BCUT2D eigenvalue weighted by Crippen LogP contribution is -2.55. The van der Waals surface area contributed by atoms with Crippen molar-refractivity contribution in [2.45, 2.75) is 45.2 Å². The zero-order chi connectivity index (χ0) is 31.0. The SMILES string of the molecule is C=CC(=O)N1CCN(c2nc(OCC3CCCN3C)nc3c(=O)n(-c4cccc5cccc(C)c45)c(C)nc23)C[C@@H]1CC#N. The number of nitriles is 1. The van der Waals surface area contributed by atoms with Crippen LogP contribution in [-0.2, 0) is 4.79 Å². The number of carbonyl (C=O) groups is 1. The molecular formula is C33H36N8O3. The summed E-state index contributed by atoms with van der Waals surface area (Å²) in [5.74, 6) is 0.739. The first-order valence-corrected chi connectivity index (χ1v) is 15.0. The van der Waals surface area contributed by atoms with Crippen molar-refractivity contribution in [2.75, 3.05) is 44.7 Å². The van der Waals surface area contributed by atoms with E-state index in [4.69, 9.17) is 14.7 Å².